The summed E-state index contributed by atoms with van der Waals surface area (Å²) in [7, 11) is 0. The fourth-order valence-electron chi connectivity index (χ4n) is 2.35. The zero-order chi connectivity index (χ0) is 18.9. The van der Waals surface area contributed by atoms with Gasteiger partial charge in [-0.25, -0.2) is 0 Å². The molecule has 0 aliphatic rings. The van der Waals surface area contributed by atoms with Gasteiger partial charge in [0.25, 0.3) is 5.91 Å². The summed E-state index contributed by atoms with van der Waals surface area (Å²) in [5.74, 6) is -0.549. The van der Waals surface area contributed by atoms with E-state index in [1.165, 1.54) is 6.07 Å². The molecule has 0 spiro atoms. The summed E-state index contributed by atoms with van der Waals surface area (Å²) < 4.78 is 29.2. The van der Waals surface area contributed by atoms with E-state index in [9.17, 15) is 18.4 Å². The van der Waals surface area contributed by atoms with Crippen LogP contribution < -0.4 is 15.4 Å². The van der Waals surface area contributed by atoms with Gasteiger partial charge in [-0.3, -0.25) is 9.59 Å². The lowest BCUT2D eigenvalue weighted by atomic mass is 10.1. The van der Waals surface area contributed by atoms with Crippen molar-refractivity contribution in [2.75, 3.05) is 0 Å². The number of hydrogen-bond donors (Lipinski definition) is 2. The van der Waals surface area contributed by atoms with Crippen molar-refractivity contribution in [3.8, 4) is 5.75 Å². The van der Waals surface area contributed by atoms with Crippen molar-refractivity contribution < 1.29 is 23.1 Å². The summed E-state index contributed by atoms with van der Waals surface area (Å²) in [5.41, 5.74) is 0.958. The second-order valence-electron chi connectivity index (χ2n) is 5.71. The molecule has 0 fully saturated rings. The molecule has 0 aliphatic carbocycles. The number of para-hydroxylation sites is 1. The first-order valence-corrected chi connectivity index (χ1v) is 8.11. The maximum atomic E-state index is 12.4. The Hall–Kier alpha value is -2.96. The van der Waals surface area contributed by atoms with Crippen LogP contribution in [0.3, 0.4) is 0 Å². The molecular weight excluding hydrogens is 342 g/mol. The van der Waals surface area contributed by atoms with Crippen LogP contribution in [-0.2, 0) is 11.3 Å². The molecule has 0 saturated heterocycles. The van der Waals surface area contributed by atoms with Gasteiger partial charge in [-0.1, -0.05) is 36.4 Å². The molecule has 2 N–H and O–H groups in total. The molecule has 2 rings (SSSR count). The minimum Gasteiger partial charge on any atom is -0.434 e. The molecule has 26 heavy (non-hydrogen) atoms. The normalized spacial score (nSPS) is 11.7. The van der Waals surface area contributed by atoms with Gasteiger partial charge in [0, 0.05) is 30.1 Å². The predicted octanol–water partition coefficient (Wildman–Crippen LogP) is 3.11. The van der Waals surface area contributed by atoms with E-state index in [1.807, 2.05) is 6.07 Å². The Morgan fingerprint density at radius 1 is 1.04 bits per heavy atom. The number of benzene rings is 2. The first-order chi connectivity index (χ1) is 12.5. The van der Waals surface area contributed by atoms with E-state index in [4.69, 9.17) is 0 Å². The number of carbonyl (C=O) groups excluding carboxylic acids is 2. The van der Waals surface area contributed by atoms with Gasteiger partial charge in [0.2, 0.25) is 5.91 Å². The van der Waals surface area contributed by atoms with Crippen molar-refractivity contribution >= 4 is 11.8 Å². The Labute approximate surface area is 150 Å². The average Bonchev–Trinajstić information content (AvgIpc) is 2.61. The molecular formula is C19H20F2N2O3. The molecule has 7 heteroatoms. The molecule has 0 heterocycles. The average molecular weight is 362 g/mol. The summed E-state index contributed by atoms with van der Waals surface area (Å²) in [6, 6.07) is 14.6. The minimum absolute atomic E-state index is 0.0215. The lowest BCUT2D eigenvalue weighted by molar-refractivity contribution is -0.121. The highest BCUT2D eigenvalue weighted by Gasteiger charge is 2.14. The SMILES string of the molecule is CC(CC(=O)NCc1ccccc1OC(F)F)NC(=O)c1ccccc1. The number of hydrogen-bond acceptors (Lipinski definition) is 3. The third kappa shape index (κ3) is 6.16. The molecule has 0 aromatic heterocycles. The zero-order valence-electron chi connectivity index (χ0n) is 14.2. The predicted molar refractivity (Wildman–Crippen MR) is 92.9 cm³/mol. The third-order valence-corrected chi connectivity index (χ3v) is 3.57. The van der Waals surface area contributed by atoms with E-state index in [-0.39, 0.29) is 36.6 Å². The van der Waals surface area contributed by atoms with Crippen molar-refractivity contribution in [1.29, 1.82) is 0 Å². The van der Waals surface area contributed by atoms with Crippen LogP contribution in [0.2, 0.25) is 0 Å². The monoisotopic (exact) mass is 362 g/mol. The first kappa shape index (κ1) is 19.4. The molecule has 0 aliphatic heterocycles. The summed E-state index contributed by atoms with van der Waals surface area (Å²) in [6.07, 6.45) is 0.0659. The van der Waals surface area contributed by atoms with Gasteiger partial charge in [0.1, 0.15) is 5.75 Å². The number of nitrogens with one attached hydrogen (secondary N) is 2. The highest BCUT2D eigenvalue weighted by molar-refractivity contribution is 5.94. The maximum Gasteiger partial charge on any atom is 0.387 e. The zero-order valence-corrected chi connectivity index (χ0v) is 14.2. The number of rotatable bonds is 8. The van der Waals surface area contributed by atoms with Gasteiger partial charge in [-0.15, -0.1) is 0 Å². The van der Waals surface area contributed by atoms with E-state index < -0.39 is 6.61 Å². The molecule has 0 radical (unpaired) electrons. The molecule has 0 bridgehead atoms. The number of halogens is 2. The van der Waals surface area contributed by atoms with Gasteiger partial charge >= 0.3 is 6.61 Å². The van der Waals surface area contributed by atoms with Crippen molar-refractivity contribution in [2.45, 2.75) is 32.5 Å². The summed E-state index contributed by atoms with van der Waals surface area (Å²) >= 11 is 0. The molecule has 0 saturated carbocycles. The Bertz CT molecular complexity index is 739. The Morgan fingerprint density at radius 3 is 2.38 bits per heavy atom. The van der Waals surface area contributed by atoms with Crippen molar-refractivity contribution in [2.24, 2.45) is 0 Å². The number of carbonyl (C=O) groups is 2. The van der Waals surface area contributed by atoms with Crippen molar-refractivity contribution in [1.82, 2.24) is 10.6 Å². The van der Waals surface area contributed by atoms with Crippen LogP contribution in [0.1, 0.15) is 29.3 Å². The number of ether oxygens (including phenoxy) is 1. The smallest absolute Gasteiger partial charge is 0.387 e. The molecule has 2 aromatic rings. The summed E-state index contributed by atoms with van der Waals surface area (Å²) in [4.78, 5) is 24.1. The van der Waals surface area contributed by atoms with Crippen LogP contribution in [0.15, 0.2) is 54.6 Å². The highest BCUT2D eigenvalue weighted by Crippen LogP contribution is 2.19. The molecule has 1 atom stereocenters. The fraction of sp³-hybridized carbons (Fsp3) is 0.263. The van der Waals surface area contributed by atoms with Gasteiger partial charge in [-0.2, -0.15) is 8.78 Å². The van der Waals surface area contributed by atoms with E-state index in [2.05, 4.69) is 15.4 Å². The van der Waals surface area contributed by atoms with Crippen LogP contribution in [0.5, 0.6) is 5.75 Å². The standard InChI is InChI=1S/C19H20F2N2O3/c1-13(23-18(25)14-7-3-2-4-8-14)11-17(24)22-12-15-9-5-6-10-16(15)26-19(20)21/h2-10,13,19H,11-12H2,1H3,(H,22,24)(H,23,25). The lowest BCUT2D eigenvalue weighted by Crippen LogP contribution is -2.37. The molecule has 138 valence electrons. The topological polar surface area (TPSA) is 67.4 Å². The van der Waals surface area contributed by atoms with Crippen LogP contribution in [0.4, 0.5) is 8.78 Å². The maximum absolute atomic E-state index is 12.4. The highest BCUT2D eigenvalue weighted by atomic mass is 19.3. The van der Waals surface area contributed by atoms with Gasteiger partial charge < -0.3 is 15.4 Å². The Kier molecular flexibility index (Phi) is 7.08. The minimum atomic E-state index is -2.93. The Morgan fingerprint density at radius 2 is 1.69 bits per heavy atom. The van der Waals surface area contributed by atoms with E-state index in [0.717, 1.165) is 0 Å². The summed E-state index contributed by atoms with van der Waals surface area (Å²) in [6.45, 7) is -1.16. The van der Waals surface area contributed by atoms with Gasteiger partial charge in [-0.05, 0) is 25.1 Å². The Balaban J connectivity index is 1.82. The van der Waals surface area contributed by atoms with Crippen LogP contribution >= 0.6 is 0 Å². The third-order valence-electron chi connectivity index (χ3n) is 3.57. The molecule has 2 aromatic carbocycles. The molecule has 2 amide bonds. The van der Waals surface area contributed by atoms with Crippen molar-refractivity contribution in [3.05, 3.63) is 65.7 Å². The van der Waals surface area contributed by atoms with Crippen LogP contribution in [0, 0.1) is 0 Å². The number of alkyl halides is 2. The van der Waals surface area contributed by atoms with Crippen molar-refractivity contribution in [3.63, 3.8) is 0 Å². The quantitative estimate of drug-likeness (QED) is 0.758. The largest absolute Gasteiger partial charge is 0.434 e. The van der Waals surface area contributed by atoms with E-state index >= 15 is 0 Å². The van der Waals surface area contributed by atoms with Crippen LogP contribution in [0.25, 0.3) is 0 Å². The lowest BCUT2D eigenvalue weighted by Gasteiger charge is -2.15. The molecule has 5 nitrogen and oxygen atoms in total. The molecule has 1 unspecified atom stereocenters. The van der Waals surface area contributed by atoms with Gasteiger partial charge in [0.15, 0.2) is 0 Å². The van der Waals surface area contributed by atoms with E-state index in [0.29, 0.717) is 11.1 Å². The second-order valence-corrected chi connectivity index (χ2v) is 5.71. The van der Waals surface area contributed by atoms with Crippen LogP contribution in [-0.4, -0.2) is 24.5 Å². The second kappa shape index (κ2) is 9.50. The summed E-state index contributed by atoms with van der Waals surface area (Å²) in [5, 5.41) is 5.38. The number of amides is 2. The fourth-order valence-corrected chi connectivity index (χ4v) is 2.35. The van der Waals surface area contributed by atoms with E-state index in [1.54, 1.807) is 49.4 Å². The first-order valence-electron chi connectivity index (χ1n) is 8.11. The van der Waals surface area contributed by atoms with Gasteiger partial charge in [0.05, 0.1) is 0 Å².